The Morgan fingerprint density at radius 3 is 1.76 bits per heavy atom. The molecule has 1 saturated heterocycles. The summed E-state index contributed by atoms with van der Waals surface area (Å²) < 4.78 is 0. The van der Waals surface area contributed by atoms with Gasteiger partial charge in [0.2, 0.25) is 5.91 Å². The molecule has 4 atom stereocenters. The van der Waals surface area contributed by atoms with E-state index < -0.39 is 24.1 Å². The molecular formula is C36H35N3O3. The molecule has 4 aromatic rings. The summed E-state index contributed by atoms with van der Waals surface area (Å²) in [5, 5.41) is 14.0. The largest absolute Gasteiger partial charge is 0.390 e. The van der Waals surface area contributed by atoms with Crippen LogP contribution in [0, 0.1) is 5.92 Å². The van der Waals surface area contributed by atoms with Gasteiger partial charge in [0.05, 0.1) is 23.8 Å². The smallest absolute Gasteiger partial charge is 0.254 e. The number of nitrogens with zero attached hydrogens (tertiary/aromatic N) is 2. The van der Waals surface area contributed by atoms with E-state index in [1.807, 2.05) is 97.1 Å². The van der Waals surface area contributed by atoms with E-state index in [2.05, 4.69) is 31.4 Å². The lowest BCUT2D eigenvalue weighted by molar-refractivity contribution is -0.123. The predicted octanol–water partition coefficient (Wildman–Crippen LogP) is 6.13. The van der Waals surface area contributed by atoms with Gasteiger partial charge >= 0.3 is 0 Å². The van der Waals surface area contributed by atoms with Crippen LogP contribution in [0.25, 0.3) is 0 Å². The van der Waals surface area contributed by atoms with Gasteiger partial charge in [-0.25, -0.2) is 9.91 Å². The first-order valence-corrected chi connectivity index (χ1v) is 14.5. The Hall–Kier alpha value is -4.52. The summed E-state index contributed by atoms with van der Waals surface area (Å²) in [4.78, 5) is 29.0. The zero-order chi connectivity index (χ0) is 29.2. The van der Waals surface area contributed by atoms with Crippen LogP contribution in [-0.2, 0) is 9.59 Å². The Kier molecular flexibility index (Phi) is 7.74. The summed E-state index contributed by atoms with van der Waals surface area (Å²) in [6.45, 7) is 4.28. The van der Waals surface area contributed by atoms with Gasteiger partial charge in [0.1, 0.15) is 6.04 Å². The van der Waals surface area contributed by atoms with E-state index in [0.717, 1.165) is 16.8 Å². The van der Waals surface area contributed by atoms with E-state index in [4.69, 9.17) is 0 Å². The van der Waals surface area contributed by atoms with E-state index in [0.29, 0.717) is 11.6 Å². The molecule has 212 valence electrons. The molecule has 0 aromatic heterocycles. The van der Waals surface area contributed by atoms with Gasteiger partial charge in [-0.05, 0) is 46.9 Å². The number of anilines is 2. The van der Waals surface area contributed by atoms with Gasteiger partial charge in [0.15, 0.2) is 0 Å². The van der Waals surface area contributed by atoms with Crippen LogP contribution in [0.1, 0.15) is 42.4 Å². The Balaban J connectivity index is 1.42. The fourth-order valence-corrected chi connectivity index (χ4v) is 6.12. The summed E-state index contributed by atoms with van der Waals surface area (Å²) in [7, 11) is 0. The van der Waals surface area contributed by atoms with Crippen molar-refractivity contribution >= 4 is 23.2 Å². The van der Waals surface area contributed by atoms with Crippen LogP contribution in [0.4, 0.5) is 11.4 Å². The molecule has 0 bridgehead atoms. The van der Waals surface area contributed by atoms with Gasteiger partial charge in [-0.15, -0.1) is 0 Å². The maximum Gasteiger partial charge on any atom is 0.254 e. The molecule has 2 aliphatic rings. The third-order valence-electron chi connectivity index (χ3n) is 8.31. The first kappa shape index (κ1) is 27.6. The Labute approximate surface area is 246 Å². The van der Waals surface area contributed by atoms with Crippen molar-refractivity contribution in [3.05, 3.63) is 144 Å². The predicted molar refractivity (Wildman–Crippen MR) is 166 cm³/mol. The van der Waals surface area contributed by atoms with Gasteiger partial charge in [0.25, 0.3) is 5.91 Å². The van der Waals surface area contributed by atoms with Crippen LogP contribution in [0.2, 0.25) is 0 Å². The summed E-state index contributed by atoms with van der Waals surface area (Å²) in [6.07, 6.45) is 2.73. The van der Waals surface area contributed by atoms with Crippen molar-refractivity contribution in [1.82, 2.24) is 5.01 Å². The Morgan fingerprint density at radius 2 is 1.21 bits per heavy atom. The quantitative estimate of drug-likeness (QED) is 0.202. The number of benzene rings is 4. The standard InChI is InChI=1S/C36H35N3O3/c1-24(2)25-18-20-28(21-19-25)37-39-31(34(40)32(26-12-6-3-7-13-26)27-14-8-4-9-15-27)23-22-30-33(39)36(42)38(35(30)41)29-16-10-5-11-17-29/h3-24,30-34,37,40H,1-2H3. The van der Waals surface area contributed by atoms with Gasteiger partial charge < -0.3 is 10.5 Å². The number of imide groups is 1. The van der Waals surface area contributed by atoms with Crippen molar-refractivity contribution < 1.29 is 14.7 Å². The van der Waals surface area contributed by atoms with Gasteiger partial charge in [0, 0.05) is 11.6 Å². The van der Waals surface area contributed by atoms with Crippen molar-refractivity contribution in [3.8, 4) is 0 Å². The number of amides is 2. The number of aliphatic hydroxyl groups is 1. The van der Waals surface area contributed by atoms with E-state index in [1.54, 1.807) is 23.2 Å². The second-order valence-corrected chi connectivity index (χ2v) is 11.3. The highest BCUT2D eigenvalue weighted by molar-refractivity contribution is 6.24. The molecule has 4 aromatic carbocycles. The van der Waals surface area contributed by atoms with Crippen molar-refractivity contribution in [2.75, 3.05) is 10.3 Å². The molecular weight excluding hydrogens is 522 g/mol. The zero-order valence-corrected chi connectivity index (χ0v) is 23.7. The lowest BCUT2D eigenvalue weighted by atomic mass is 9.81. The lowest BCUT2D eigenvalue weighted by Gasteiger charge is -2.42. The number of aliphatic hydroxyl groups excluding tert-OH is 1. The fraction of sp³-hybridized carbons (Fsp3) is 0.222. The summed E-state index contributed by atoms with van der Waals surface area (Å²) in [5.74, 6) is -1.27. The molecule has 2 heterocycles. The van der Waals surface area contributed by atoms with E-state index >= 15 is 0 Å². The number of hydrogen-bond donors (Lipinski definition) is 2. The van der Waals surface area contributed by atoms with Crippen LogP contribution in [0.15, 0.2) is 127 Å². The maximum absolute atomic E-state index is 14.1. The highest BCUT2D eigenvalue weighted by Crippen LogP contribution is 2.39. The van der Waals surface area contributed by atoms with Crippen molar-refractivity contribution in [2.24, 2.45) is 5.92 Å². The van der Waals surface area contributed by atoms with Crippen molar-refractivity contribution in [1.29, 1.82) is 0 Å². The monoisotopic (exact) mass is 557 g/mol. The number of carbonyl (C=O) groups is 2. The first-order valence-electron chi connectivity index (χ1n) is 14.5. The molecule has 42 heavy (non-hydrogen) atoms. The van der Waals surface area contributed by atoms with Crippen LogP contribution in [0.5, 0.6) is 0 Å². The topological polar surface area (TPSA) is 72.9 Å². The molecule has 6 heteroatoms. The molecule has 6 rings (SSSR count). The summed E-state index contributed by atoms with van der Waals surface area (Å²) >= 11 is 0. The second kappa shape index (κ2) is 11.8. The third kappa shape index (κ3) is 5.15. The minimum Gasteiger partial charge on any atom is -0.390 e. The van der Waals surface area contributed by atoms with Crippen LogP contribution >= 0.6 is 0 Å². The third-order valence-corrected chi connectivity index (χ3v) is 8.31. The average molecular weight is 558 g/mol. The molecule has 2 aliphatic heterocycles. The molecule has 1 fully saturated rings. The lowest BCUT2D eigenvalue weighted by Crippen LogP contribution is -2.58. The van der Waals surface area contributed by atoms with Crippen molar-refractivity contribution in [3.63, 3.8) is 0 Å². The fourth-order valence-electron chi connectivity index (χ4n) is 6.12. The average Bonchev–Trinajstić information content (AvgIpc) is 3.28. The second-order valence-electron chi connectivity index (χ2n) is 11.3. The minimum absolute atomic E-state index is 0.273. The molecule has 0 spiro atoms. The number of para-hydroxylation sites is 1. The van der Waals surface area contributed by atoms with Crippen LogP contribution in [-0.4, -0.2) is 40.1 Å². The van der Waals surface area contributed by atoms with Gasteiger partial charge in [-0.3, -0.25) is 9.59 Å². The maximum atomic E-state index is 14.1. The molecule has 0 radical (unpaired) electrons. The SMILES string of the molecule is CC(C)c1ccc(NN2C(C(O)C(c3ccccc3)c3ccccc3)C=CC3C(=O)N(c4ccccc4)C(=O)C32)cc1. The first-order chi connectivity index (χ1) is 20.4. The molecule has 0 aliphatic carbocycles. The number of fused-ring (bicyclic) bond motifs is 1. The van der Waals surface area contributed by atoms with Crippen molar-refractivity contribution in [2.45, 2.75) is 43.9 Å². The molecule has 4 unspecified atom stereocenters. The van der Waals surface area contributed by atoms with Crippen LogP contribution in [0.3, 0.4) is 0 Å². The molecule has 2 N–H and O–H groups in total. The van der Waals surface area contributed by atoms with E-state index in [1.165, 1.54) is 10.5 Å². The van der Waals surface area contributed by atoms with Crippen LogP contribution < -0.4 is 10.3 Å². The van der Waals surface area contributed by atoms with E-state index in [-0.39, 0.29) is 17.7 Å². The number of carbonyl (C=O) groups excluding carboxylic acids is 2. The highest BCUT2D eigenvalue weighted by atomic mass is 16.3. The number of rotatable bonds is 8. The normalized spacial score (nSPS) is 21.2. The Morgan fingerprint density at radius 1 is 0.667 bits per heavy atom. The number of nitrogens with one attached hydrogen (secondary N) is 1. The van der Waals surface area contributed by atoms with E-state index in [9.17, 15) is 14.7 Å². The van der Waals surface area contributed by atoms with Gasteiger partial charge in [-0.1, -0.05) is 117 Å². The van der Waals surface area contributed by atoms with Gasteiger partial charge in [-0.2, -0.15) is 0 Å². The zero-order valence-electron chi connectivity index (χ0n) is 23.7. The number of hydrogen-bond acceptors (Lipinski definition) is 5. The number of hydrazine groups is 1. The molecule has 0 saturated carbocycles. The summed E-state index contributed by atoms with van der Waals surface area (Å²) in [5.41, 5.74) is 7.90. The minimum atomic E-state index is -0.942. The molecule has 2 amide bonds. The highest BCUT2D eigenvalue weighted by Gasteiger charge is 2.54. The summed E-state index contributed by atoms with van der Waals surface area (Å²) in [6, 6.07) is 35.5. The molecule has 6 nitrogen and oxygen atoms in total. The Bertz CT molecular complexity index is 1520.